The molecule has 0 unspecified atom stereocenters. The van der Waals surface area contributed by atoms with Gasteiger partial charge in [-0.3, -0.25) is 9.79 Å². The van der Waals surface area contributed by atoms with Crippen molar-refractivity contribution in [1.29, 1.82) is 0 Å². The van der Waals surface area contributed by atoms with E-state index in [1.165, 1.54) is 17.5 Å². The molecule has 7 heteroatoms. The summed E-state index contributed by atoms with van der Waals surface area (Å²) in [5.74, 6) is 0.934. The normalized spacial score (nSPS) is 13.2. The maximum absolute atomic E-state index is 11.8. The predicted octanol–water partition coefficient (Wildman–Crippen LogP) is 2.27. The molecule has 1 aromatic heterocycles. The Balaban J connectivity index is 0.00000208. The van der Waals surface area contributed by atoms with Crippen LogP contribution in [0.2, 0.25) is 0 Å². The van der Waals surface area contributed by atoms with Gasteiger partial charge in [-0.05, 0) is 30.2 Å². The number of nitrogens with zero attached hydrogens (tertiary/aromatic N) is 2. The zero-order chi connectivity index (χ0) is 16.1. The second-order valence-electron chi connectivity index (χ2n) is 5.24. The highest BCUT2D eigenvalue weighted by molar-refractivity contribution is 14.0. The first kappa shape index (κ1) is 18.3. The fraction of sp³-hybridized carbons (Fsp3) is 0.294. The van der Waals surface area contributed by atoms with Gasteiger partial charge in [0.05, 0.1) is 6.26 Å². The van der Waals surface area contributed by atoms with E-state index in [1.54, 1.807) is 19.2 Å². The molecule has 0 spiro atoms. The molecular weight excluding hydrogens is 419 g/mol. The van der Waals surface area contributed by atoms with E-state index in [-0.39, 0.29) is 29.9 Å². The second kappa shape index (κ2) is 8.72. The summed E-state index contributed by atoms with van der Waals surface area (Å²) < 4.78 is 5.05. The second-order valence-corrected chi connectivity index (χ2v) is 5.24. The van der Waals surface area contributed by atoms with E-state index in [4.69, 9.17) is 4.42 Å². The largest absolute Gasteiger partial charge is 0.459 e. The summed E-state index contributed by atoms with van der Waals surface area (Å²) >= 11 is 0. The summed E-state index contributed by atoms with van der Waals surface area (Å²) in [7, 11) is 1.77. The van der Waals surface area contributed by atoms with Crippen LogP contribution in [0.3, 0.4) is 0 Å². The molecule has 0 atom stereocenters. The zero-order valence-electron chi connectivity index (χ0n) is 13.5. The molecule has 1 aliphatic heterocycles. The summed E-state index contributed by atoms with van der Waals surface area (Å²) in [6, 6.07) is 11.7. The topological polar surface area (TPSA) is 69.9 Å². The summed E-state index contributed by atoms with van der Waals surface area (Å²) in [5.41, 5.74) is 2.53. The van der Waals surface area contributed by atoms with E-state index in [1.807, 2.05) is 6.07 Å². The van der Waals surface area contributed by atoms with Gasteiger partial charge in [0.1, 0.15) is 0 Å². The number of guanidine groups is 1. The number of furan rings is 1. The number of aliphatic imine (C=N–C) groups is 1. The average Bonchev–Trinajstić information content (AvgIpc) is 3.25. The Labute approximate surface area is 158 Å². The van der Waals surface area contributed by atoms with E-state index < -0.39 is 0 Å². The number of carbonyl (C=O) groups is 1. The predicted molar refractivity (Wildman–Crippen MR) is 105 cm³/mol. The van der Waals surface area contributed by atoms with Crippen molar-refractivity contribution in [3.05, 3.63) is 54.0 Å². The van der Waals surface area contributed by atoms with Gasteiger partial charge in [-0.25, -0.2) is 0 Å². The number of hydrogen-bond acceptors (Lipinski definition) is 3. The molecule has 3 rings (SSSR count). The molecule has 0 saturated carbocycles. The van der Waals surface area contributed by atoms with Crippen LogP contribution in [0.1, 0.15) is 16.1 Å². The maximum Gasteiger partial charge on any atom is 0.287 e. The monoisotopic (exact) mass is 440 g/mol. The van der Waals surface area contributed by atoms with E-state index >= 15 is 0 Å². The van der Waals surface area contributed by atoms with Crippen molar-refractivity contribution in [2.75, 3.05) is 31.6 Å². The van der Waals surface area contributed by atoms with E-state index in [0.29, 0.717) is 18.8 Å². The molecule has 1 aromatic carbocycles. The van der Waals surface area contributed by atoms with Gasteiger partial charge in [0.15, 0.2) is 11.7 Å². The molecule has 2 aromatic rings. The lowest BCUT2D eigenvalue weighted by molar-refractivity contribution is 0.0926. The number of hydrogen-bond donors (Lipinski definition) is 2. The molecule has 1 aliphatic rings. The van der Waals surface area contributed by atoms with Crippen molar-refractivity contribution >= 4 is 41.5 Å². The van der Waals surface area contributed by atoms with Crippen molar-refractivity contribution in [2.24, 2.45) is 4.99 Å². The third kappa shape index (κ3) is 4.08. The molecular formula is C17H21IN4O2. The highest BCUT2D eigenvalue weighted by Crippen LogP contribution is 2.27. The first-order valence-electron chi connectivity index (χ1n) is 7.67. The molecule has 1 amide bonds. The quantitative estimate of drug-likeness (QED) is 0.331. The van der Waals surface area contributed by atoms with Gasteiger partial charge in [-0.2, -0.15) is 0 Å². The Morgan fingerprint density at radius 3 is 2.75 bits per heavy atom. The van der Waals surface area contributed by atoms with Crippen LogP contribution in [0.5, 0.6) is 0 Å². The molecule has 0 fully saturated rings. The van der Waals surface area contributed by atoms with Crippen LogP contribution in [0.4, 0.5) is 5.69 Å². The average molecular weight is 440 g/mol. The molecule has 0 radical (unpaired) electrons. The minimum absolute atomic E-state index is 0. The molecule has 6 nitrogen and oxygen atoms in total. The standard InChI is InChI=1S/C17H20N4O2.HI/c1-18-17(21-11-8-13-5-2-3-6-14(13)21)20-10-9-19-16(22)15-7-4-12-23-15;/h2-7,12H,8-11H2,1H3,(H,18,20)(H,19,22);1H. The Hall–Kier alpha value is -2.03. The Kier molecular flexibility index (Phi) is 6.65. The number of fused-ring (bicyclic) bond motifs is 1. The van der Waals surface area contributed by atoms with Gasteiger partial charge in [-0.15, -0.1) is 24.0 Å². The van der Waals surface area contributed by atoms with Crippen molar-refractivity contribution in [3.8, 4) is 0 Å². The molecule has 24 heavy (non-hydrogen) atoms. The van der Waals surface area contributed by atoms with Gasteiger partial charge in [0.2, 0.25) is 0 Å². The molecule has 0 aliphatic carbocycles. The van der Waals surface area contributed by atoms with Crippen molar-refractivity contribution in [2.45, 2.75) is 6.42 Å². The van der Waals surface area contributed by atoms with Crippen LogP contribution in [0.25, 0.3) is 0 Å². The smallest absolute Gasteiger partial charge is 0.287 e. The lowest BCUT2D eigenvalue weighted by Crippen LogP contribution is -2.43. The third-order valence-electron chi connectivity index (χ3n) is 3.79. The fourth-order valence-corrected chi connectivity index (χ4v) is 2.70. The van der Waals surface area contributed by atoms with Crippen LogP contribution < -0.4 is 15.5 Å². The fourth-order valence-electron chi connectivity index (χ4n) is 2.70. The van der Waals surface area contributed by atoms with Crippen molar-refractivity contribution in [3.63, 3.8) is 0 Å². The van der Waals surface area contributed by atoms with Crippen LogP contribution in [0, 0.1) is 0 Å². The minimum Gasteiger partial charge on any atom is -0.459 e. The van der Waals surface area contributed by atoms with Gasteiger partial charge >= 0.3 is 0 Å². The highest BCUT2D eigenvalue weighted by Gasteiger charge is 2.22. The third-order valence-corrected chi connectivity index (χ3v) is 3.79. The first-order chi connectivity index (χ1) is 11.3. The first-order valence-corrected chi connectivity index (χ1v) is 7.67. The van der Waals surface area contributed by atoms with Gasteiger partial charge in [0, 0.05) is 32.4 Å². The zero-order valence-corrected chi connectivity index (χ0v) is 15.8. The van der Waals surface area contributed by atoms with Crippen LogP contribution in [-0.4, -0.2) is 38.5 Å². The number of benzene rings is 1. The number of anilines is 1. The van der Waals surface area contributed by atoms with E-state index in [2.05, 4.69) is 38.7 Å². The highest BCUT2D eigenvalue weighted by atomic mass is 127. The number of nitrogens with one attached hydrogen (secondary N) is 2. The number of para-hydroxylation sites is 1. The summed E-state index contributed by atoms with van der Waals surface area (Å²) in [6.45, 7) is 2.00. The lowest BCUT2D eigenvalue weighted by atomic mass is 10.2. The molecule has 128 valence electrons. The molecule has 2 N–H and O–H groups in total. The van der Waals surface area contributed by atoms with Gasteiger partial charge < -0.3 is 20.0 Å². The number of carbonyl (C=O) groups excluding carboxylic acids is 1. The molecule has 0 bridgehead atoms. The summed E-state index contributed by atoms with van der Waals surface area (Å²) in [4.78, 5) is 18.3. The molecule has 0 saturated heterocycles. The van der Waals surface area contributed by atoms with Crippen molar-refractivity contribution < 1.29 is 9.21 Å². The maximum atomic E-state index is 11.8. The molecule has 2 heterocycles. The minimum atomic E-state index is -0.210. The summed E-state index contributed by atoms with van der Waals surface area (Å²) in [6.07, 6.45) is 2.51. The van der Waals surface area contributed by atoms with Crippen LogP contribution in [0.15, 0.2) is 52.1 Å². The Morgan fingerprint density at radius 1 is 1.21 bits per heavy atom. The van der Waals surface area contributed by atoms with Gasteiger partial charge in [-0.1, -0.05) is 18.2 Å². The number of amides is 1. The number of halogens is 1. The van der Waals surface area contributed by atoms with E-state index in [0.717, 1.165) is 18.9 Å². The van der Waals surface area contributed by atoms with E-state index in [9.17, 15) is 4.79 Å². The van der Waals surface area contributed by atoms with Crippen LogP contribution >= 0.6 is 24.0 Å². The SMILES string of the molecule is CN=C(NCCNC(=O)c1ccco1)N1CCc2ccccc21.I. The number of rotatable bonds is 4. The van der Waals surface area contributed by atoms with Crippen molar-refractivity contribution in [1.82, 2.24) is 10.6 Å². The van der Waals surface area contributed by atoms with Gasteiger partial charge in [0.25, 0.3) is 5.91 Å². The summed E-state index contributed by atoms with van der Waals surface area (Å²) in [5, 5.41) is 6.09. The lowest BCUT2D eigenvalue weighted by Gasteiger charge is -2.22. The Bertz CT molecular complexity index is 700. The Morgan fingerprint density at radius 2 is 2.00 bits per heavy atom. The van der Waals surface area contributed by atoms with Crippen LogP contribution in [-0.2, 0) is 6.42 Å².